The van der Waals surface area contributed by atoms with Crippen molar-refractivity contribution in [2.24, 2.45) is 0 Å². The lowest BCUT2D eigenvalue weighted by molar-refractivity contribution is 0.0991. The van der Waals surface area contributed by atoms with Crippen LogP contribution in [0.4, 0.5) is 17.1 Å². The summed E-state index contributed by atoms with van der Waals surface area (Å²) in [5.74, 6) is 0.0812. The van der Waals surface area contributed by atoms with E-state index in [-0.39, 0.29) is 17.5 Å². The van der Waals surface area contributed by atoms with Crippen molar-refractivity contribution in [1.29, 1.82) is 0 Å². The average Bonchev–Trinajstić information content (AvgIpc) is 3.71. The van der Waals surface area contributed by atoms with E-state index < -0.39 is 5.41 Å². The number of Topliss-reactive ketones (excluding diaryl/α,β-unsaturated/α-hetero) is 1. The minimum atomic E-state index is -0.928. The van der Waals surface area contributed by atoms with Crippen LogP contribution in [0, 0.1) is 0 Å². The molecule has 0 heterocycles. The molecule has 0 aromatic heterocycles. The lowest BCUT2D eigenvalue weighted by Gasteiger charge is -2.41. The molecule has 70 heavy (non-hydrogen) atoms. The van der Waals surface area contributed by atoms with E-state index in [2.05, 4.69) is 187 Å². The smallest absolute Gasteiger partial charge is 0.193 e. The normalized spacial score (nSPS) is 14.5. The molecule has 0 radical (unpaired) electrons. The van der Waals surface area contributed by atoms with Crippen LogP contribution in [0.5, 0.6) is 0 Å². The molecule has 2 atom stereocenters. The number of carbonyl (C=O) groups is 2. The highest BCUT2D eigenvalue weighted by Crippen LogP contribution is 2.61. The quantitative estimate of drug-likeness (QED) is 0.115. The summed E-state index contributed by atoms with van der Waals surface area (Å²) in [6.45, 7) is 0. The van der Waals surface area contributed by atoms with Gasteiger partial charge in [0.25, 0.3) is 0 Å². The van der Waals surface area contributed by atoms with Crippen LogP contribution < -0.4 is 4.90 Å². The molecular weight excluding hydrogens is 851 g/mol. The van der Waals surface area contributed by atoms with Gasteiger partial charge in [-0.25, -0.2) is 0 Å². The molecule has 0 fully saturated rings. The maximum atomic E-state index is 14.7. The fourth-order valence-corrected chi connectivity index (χ4v) is 11.3. The number of para-hydroxylation sites is 2. The zero-order valence-electron chi connectivity index (χ0n) is 38.7. The molecule has 2 unspecified atom stereocenters. The highest BCUT2D eigenvalue weighted by Gasteiger charge is 2.51. The Morgan fingerprint density at radius 1 is 0.400 bits per heavy atom. The summed E-state index contributed by atoms with van der Waals surface area (Å²) >= 11 is 0. The number of carbonyl (C=O) groups excluding carboxylic acids is 2. The van der Waals surface area contributed by atoms with Crippen LogP contribution in [0.1, 0.15) is 87.8 Å². The van der Waals surface area contributed by atoms with E-state index in [0.29, 0.717) is 29.5 Å². The molecule has 12 rings (SSSR count). The Morgan fingerprint density at radius 2 is 0.900 bits per heavy atom. The summed E-state index contributed by atoms with van der Waals surface area (Å²) in [6.07, 6.45) is 1.80. The first kappa shape index (κ1) is 42.7. The van der Waals surface area contributed by atoms with Crippen molar-refractivity contribution >= 4 is 28.6 Å². The number of hydrogen-bond acceptors (Lipinski definition) is 3. The second kappa shape index (κ2) is 18.1. The van der Waals surface area contributed by atoms with Gasteiger partial charge in [0.15, 0.2) is 11.6 Å². The van der Waals surface area contributed by atoms with Crippen LogP contribution in [0.3, 0.4) is 0 Å². The van der Waals surface area contributed by atoms with Crippen molar-refractivity contribution in [1.82, 2.24) is 0 Å². The average molecular weight is 900 g/mol. The molecule has 3 heteroatoms. The summed E-state index contributed by atoms with van der Waals surface area (Å²) in [7, 11) is 0. The second-order valence-corrected chi connectivity index (χ2v) is 18.6. The Morgan fingerprint density at radius 3 is 1.54 bits per heavy atom. The summed E-state index contributed by atoms with van der Waals surface area (Å²) < 4.78 is 0. The van der Waals surface area contributed by atoms with E-state index >= 15 is 0 Å². The summed E-state index contributed by atoms with van der Waals surface area (Å²) in [5, 5.41) is 0. The fourth-order valence-electron chi connectivity index (χ4n) is 11.3. The standard InChI is InChI=1S/C67H49NO2/c69-65(40-47-21-9-2-10-22-47)53-32-31-51-41-52-33-36-57(68(55-27-15-5-16-28-55)56-29-17-6-18-30-56)45-62(52)67(61(51)43-53)63-42-50(60(48-23-11-3-12-24-48)39-46-19-7-1-8-20-46)34-37-58(63)59-38-35-54(44-64(59)67)66(70)49-25-13-4-14-26-49/h1-38,42-45,60H,39-41H2. The molecule has 0 saturated carbocycles. The van der Waals surface area contributed by atoms with Crippen molar-refractivity contribution in [2.75, 3.05) is 4.90 Å². The molecule has 3 nitrogen and oxygen atoms in total. The van der Waals surface area contributed by atoms with E-state index in [1.54, 1.807) is 0 Å². The number of ketones is 2. The third-order valence-electron chi connectivity index (χ3n) is 14.6. The van der Waals surface area contributed by atoms with Gasteiger partial charge in [-0.05, 0) is 128 Å². The Bertz CT molecular complexity index is 3500. The van der Waals surface area contributed by atoms with Gasteiger partial charge in [-0.15, -0.1) is 0 Å². The van der Waals surface area contributed by atoms with Crippen molar-refractivity contribution in [2.45, 2.75) is 30.6 Å². The van der Waals surface area contributed by atoms with Crippen LogP contribution in [-0.2, 0) is 24.7 Å². The van der Waals surface area contributed by atoms with Gasteiger partial charge in [-0.1, -0.05) is 206 Å². The van der Waals surface area contributed by atoms with E-state index in [0.717, 1.165) is 68.0 Å². The first-order valence-electron chi connectivity index (χ1n) is 24.2. The maximum absolute atomic E-state index is 14.7. The first-order chi connectivity index (χ1) is 34.5. The van der Waals surface area contributed by atoms with Gasteiger partial charge in [0.1, 0.15) is 0 Å². The minimum Gasteiger partial charge on any atom is -0.310 e. The second-order valence-electron chi connectivity index (χ2n) is 18.6. The van der Waals surface area contributed by atoms with E-state index in [4.69, 9.17) is 0 Å². The van der Waals surface area contributed by atoms with Gasteiger partial charge in [0.2, 0.25) is 0 Å². The topological polar surface area (TPSA) is 37.4 Å². The largest absolute Gasteiger partial charge is 0.310 e. The molecule has 2 aliphatic carbocycles. The molecule has 10 aromatic carbocycles. The summed E-state index contributed by atoms with van der Waals surface area (Å²) in [5.41, 5.74) is 17.8. The number of fused-ring (bicyclic) bond motifs is 9. The van der Waals surface area contributed by atoms with Gasteiger partial charge in [-0.2, -0.15) is 0 Å². The number of nitrogens with zero attached hydrogens (tertiary/aromatic N) is 1. The Labute approximate surface area is 410 Å². The lowest BCUT2D eigenvalue weighted by Crippen LogP contribution is -2.35. The molecule has 0 bridgehead atoms. The van der Waals surface area contributed by atoms with Crippen LogP contribution in [0.2, 0.25) is 0 Å². The predicted octanol–water partition coefficient (Wildman–Crippen LogP) is 15.5. The van der Waals surface area contributed by atoms with Crippen molar-refractivity contribution in [3.8, 4) is 11.1 Å². The highest BCUT2D eigenvalue weighted by atomic mass is 16.1. The monoisotopic (exact) mass is 899 g/mol. The molecule has 0 aliphatic heterocycles. The lowest BCUT2D eigenvalue weighted by atomic mass is 9.60. The number of rotatable bonds is 12. The van der Waals surface area contributed by atoms with Gasteiger partial charge in [0, 0.05) is 46.1 Å². The molecule has 0 amide bonds. The van der Waals surface area contributed by atoms with Crippen LogP contribution >= 0.6 is 0 Å². The van der Waals surface area contributed by atoms with Crippen molar-refractivity contribution in [3.63, 3.8) is 0 Å². The van der Waals surface area contributed by atoms with Gasteiger partial charge >= 0.3 is 0 Å². The zero-order valence-corrected chi connectivity index (χ0v) is 38.7. The molecule has 1 spiro atoms. The van der Waals surface area contributed by atoms with Crippen molar-refractivity contribution in [3.05, 3.63) is 327 Å². The van der Waals surface area contributed by atoms with Crippen molar-refractivity contribution < 1.29 is 9.59 Å². The molecule has 0 N–H and O–H groups in total. The fraction of sp³-hybridized carbons (Fsp3) is 0.0746. The summed E-state index contributed by atoms with van der Waals surface area (Å²) in [6, 6.07) is 89.1. The highest BCUT2D eigenvalue weighted by molar-refractivity contribution is 6.10. The third-order valence-corrected chi connectivity index (χ3v) is 14.6. The number of benzene rings is 10. The Hall–Kier alpha value is -8.66. The Balaban J connectivity index is 1.16. The van der Waals surface area contributed by atoms with Gasteiger partial charge < -0.3 is 4.90 Å². The van der Waals surface area contributed by atoms with Crippen LogP contribution in [-0.4, -0.2) is 11.6 Å². The van der Waals surface area contributed by atoms with Crippen LogP contribution in [0.25, 0.3) is 11.1 Å². The minimum absolute atomic E-state index is 0.0293. The van der Waals surface area contributed by atoms with Crippen LogP contribution in [0.15, 0.2) is 255 Å². The zero-order chi connectivity index (χ0) is 47.0. The number of hydrogen-bond donors (Lipinski definition) is 0. The van der Waals surface area contributed by atoms with E-state index in [1.807, 2.05) is 72.8 Å². The molecule has 10 aromatic rings. The van der Waals surface area contributed by atoms with Gasteiger partial charge in [0.05, 0.1) is 5.41 Å². The number of anilines is 3. The van der Waals surface area contributed by atoms with Gasteiger partial charge in [-0.3, -0.25) is 9.59 Å². The predicted molar refractivity (Wildman–Crippen MR) is 284 cm³/mol. The van der Waals surface area contributed by atoms with E-state index in [1.165, 1.54) is 22.3 Å². The Kier molecular flexibility index (Phi) is 11.0. The SMILES string of the molecule is O=C(Cc1ccccc1)c1ccc2c(c1)C1(c3cc(N(c4ccccc4)c4ccccc4)ccc3C2)c2cc(C(=O)c3ccccc3)ccc2-c2ccc(C(Cc3ccccc3)c3ccccc3)cc21. The molecular formula is C67H49NO2. The van der Waals surface area contributed by atoms with E-state index in [9.17, 15) is 9.59 Å². The maximum Gasteiger partial charge on any atom is 0.193 e. The third kappa shape index (κ3) is 7.57. The molecule has 334 valence electrons. The summed E-state index contributed by atoms with van der Waals surface area (Å²) in [4.78, 5) is 31.6. The molecule has 2 aliphatic rings. The molecule has 0 saturated heterocycles. The first-order valence-corrected chi connectivity index (χ1v) is 24.2.